The van der Waals surface area contributed by atoms with Crippen LogP contribution in [0.15, 0.2) is 36.4 Å². The normalized spacial score (nSPS) is 26.0. The second kappa shape index (κ2) is 5.66. The third-order valence-corrected chi connectivity index (χ3v) is 4.59. The highest BCUT2D eigenvalue weighted by atomic mass is 16.5. The van der Waals surface area contributed by atoms with Crippen LogP contribution in [0.25, 0.3) is 10.8 Å². The number of ether oxygens (including phenoxy) is 2. The lowest BCUT2D eigenvalue weighted by atomic mass is 9.85. The summed E-state index contributed by atoms with van der Waals surface area (Å²) < 4.78 is 11.4. The van der Waals surface area contributed by atoms with Gasteiger partial charge < -0.3 is 14.8 Å². The molecule has 1 aliphatic rings. The number of fused-ring (bicyclic) bond motifs is 1. The van der Waals surface area contributed by atoms with E-state index in [2.05, 4.69) is 42.6 Å². The minimum atomic E-state index is -0.208. The van der Waals surface area contributed by atoms with E-state index in [1.54, 1.807) is 7.11 Å². The SMILES string of the molecule is CNC1CCOC(C)(c2ccc3cc(OC)ccc3c2)C1. The molecule has 112 valence electrons. The van der Waals surface area contributed by atoms with Crippen molar-refractivity contribution in [3.05, 3.63) is 42.0 Å². The van der Waals surface area contributed by atoms with Gasteiger partial charge in [-0.05, 0) is 61.3 Å². The second-order valence-electron chi connectivity index (χ2n) is 5.99. The van der Waals surface area contributed by atoms with Gasteiger partial charge in [0.2, 0.25) is 0 Å². The molecular formula is C18H23NO2. The lowest BCUT2D eigenvalue weighted by Crippen LogP contribution is -2.42. The van der Waals surface area contributed by atoms with E-state index in [1.165, 1.54) is 16.3 Å². The Balaban J connectivity index is 1.96. The van der Waals surface area contributed by atoms with Crippen molar-refractivity contribution < 1.29 is 9.47 Å². The average Bonchev–Trinajstić information content (AvgIpc) is 2.53. The molecule has 3 rings (SSSR count). The van der Waals surface area contributed by atoms with Crippen molar-refractivity contribution in [2.24, 2.45) is 0 Å². The first-order valence-electron chi connectivity index (χ1n) is 7.54. The smallest absolute Gasteiger partial charge is 0.119 e. The van der Waals surface area contributed by atoms with Crippen molar-refractivity contribution in [3.63, 3.8) is 0 Å². The molecule has 2 aromatic rings. The van der Waals surface area contributed by atoms with Crippen LogP contribution in [0.3, 0.4) is 0 Å². The number of hydrogen-bond acceptors (Lipinski definition) is 3. The number of rotatable bonds is 3. The highest BCUT2D eigenvalue weighted by Gasteiger charge is 2.34. The Hall–Kier alpha value is -1.58. The van der Waals surface area contributed by atoms with Crippen LogP contribution < -0.4 is 10.1 Å². The predicted octanol–water partition coefficient (Wildman–Crippen LogP) is 3.46. The van der Waals surface area contributed by atoms with Gasteiger partial charge in [0.25, 0.3) is 0 Å². The molecule has 0 spiro atoms. The minimum absolute atomic E-state index is 0.208. The van der Waals surface area contributed by atoms with Crippen molar-refractivity contribution in [3.8, 4) is 5.75 Å². The summed E-state index contributed by atoms with van der Waals surface area (Å²) in [6, 6.07) is 13.3. The monoisotopic (exact) mass is 285 g/mol. The molecule has 1 saturated heterocycles. The van der Waals surface area contributed by atoms with Gasteiger partial charge in [-0.3, -0.25) is 0 Å². The molecule has 1 fully saturated rings. The molecule has 2 atom stereocenters. The molecule has 0 aliphatic carbocycles. The fraction of sp³-hybridized carbons (Fsp3) is 0.444. The molecule has 0 aromatic heterocycles. The van der Waals surface area contributed by atoms with Crippen LogP contribution in [0, 0.1) is 0 Å². The van der Waals surface area contributed by atoms with E-state index in [1.807, 2.05) is 13.1 Å². The summed E-state index contributed by atoms with van der Waals surface area (Å²) in [7, 11) is 3.73. The number of methoxy groups -OCH3 is 1. The summed E-state index contributed by atoms with van der Waals surface area (Å²) >= 11 is 0. The molecular weight excluding hydrogens is 262 g/mol. The lowest BCUT2D eigenvalue weighted by molar-refractivity contribution is -0.0803. The zero-order valence-corrected chi connectivity index (χ0v) is 13.0. The average molecular weight is 285 g/mol. The first-order chi connectivity index (χ1) is 10.1. The zero-order chi connectivity index (χ0) is 14.9. The van der Waals surface area contributed by atoms with E-state index >= 15 is 0 Å². The molecule has 1 aliphatic heterocycles. The third kappa shape index (κ3) is 2.76. The van der Waals surface area contributed by atoms with Crippen LogP contribution in [0.4, 0.5) is 0 Å². The molecule has 2 unspecified atom stereocenters. The van der Waals surface area contributed by atoms with Gasteiger partial charge in [0, 0.05) is 12.6 Å². The first-order valence-corrected chi connectivity index (χ1v) is 7.54. The van der Waals surface area contributed by atoms with Gasteiger partial charge >= 0.3 is 0 Å². The molecule has 3 nitrogen and oxygen atoms in total. The van der Waals surface area contributed by atoms with E-state index in [0.717, 1.165) is 25.2 Å². The van der Waals surface area contributed by atoms with Gasteiger partial charge in [0.1, 0.15) is 5.75 Å². The quantitative estimate of drug-likeness (QED) is 0.937. The molecule has 0 radical (unpaired) electrons. The Morgan fingerprint density at radius 3 is 2.71 bits per heavy atom. The number of hydrogen-bond donors (Lipinski definition) is 1. The van der Waals surface area contributed by atoms with Crippen LogP contribution in [0.2, 0.25) is 0 Å². The van der Waals surface area contributed by atoms with Gasteiger partial charge in [-0.25, -0.2) is 0 Å². The predicted molar refractivity (Wildman–Crippen MR) is 85.9 cm³/mol. The molecule has 1 N–H and O–H groups in total. The van der Waals surface area contributed by atoms with Gasteiger partial charge in [0.05, 0.1) is 12.7 Å². The topological polar surface area (TPSA) is 30.5 Å². The summed E-state index contributed by atoms with van der Waals surface area (Å²) in [5.41, 5.74) is 1.04. The summed E-state index contributed by atoms with van der Waals surface area (Å²) in [6.07, 6.45) is 2.09. The molecule has 21 heavy (non-hydrogen) atoms. The Kier molecular flexibility index (Phi) is 3.87. The highest BCUT2D eigenvalue weighted by Crippen LogP contribution is 2.36. The Labute approximate surface area is 126 Å². The van der Waals surface area contributed by atoms with Crippen molar-refractivity contribution in [2.45, 2.75) is 31.4 Å². The maximum atomic E-state index is 6.11. The molecule has 0 saturated carbocycles. The van der Waals surface area contributed by atoms with Crippen LogP contribution in [-0.4, -0.2) is 26.8 Å². The van der Waals surface area contributed by atoms with E-state index < -0.39 is 0 Å². The van der Waals surface area contributed by atoms with Crippen molar-refractivity contribution in [2.75, 3.05) is 20.8 Å². The molecule has 3 heteroatoms. The van der Waals surface area contributed by atoms with Crippen LogP contribution >= 0.6 is 0 Å². The fourth-order valence-corrected chi connectivity index (χ4v) is 3.18. The summed E-state index contributed by atoms with van der Waals surface area (Å²) in [4.78, 5) is 0. The van der Waals surface area contributed by atoms with Crippen molar-refractivity contribution >= 4 is 10.8 Å². The number of benzene rings is 2. The Morgan fingerprint density at radius 2 is 1.95 bits per heavy atom. The van der Waals surface area contributed by atoms with E-state index in [9.17, 15) is 0 Å². The fourth-order valence-electron chi connectivity index (χ4n) is 3.18. The summed E-state index contributed by atoms with van der Waals surface area (Å²) in [6.45, 7) is 3.00. The summed E-state index contributed by atoms with van der Waals surface area (Å²) in [5.74, 6) is 0.894. The summed E-state index contributed by atoms with van der Waals surface area (Å²) in [5, 5.41) is 5.81. The maximum absolute atomic E-state index is 6.11. The molecule has 0 amide bonds. The zero-order valence-electron chi connectivity index (χ0n) is 13.0. The van der Waals surface area contributed by atoms with E-state index in [0.29, 0.717) is 6.04 Å². The molecule has 2 aromatic carbocycles. The van der Waals surface area contributed by atoms with Gasteiger partial charge in [0.15, 0.2) is 0 Å². The van der Waals surface area contributed by atoms with Crippen molar-refractivity contribution in [1.82, 2.24) is 5.32 Å². The second-order valence-corrected chi connectivity index (χ2v) is 5.99. The van der Waals surface area contributed by atoms with Crippen molar-refractivity contribution in [1.29, 1.82) is 0 Å². The lowest BCUT2D eigenvalue weighted by Gasteiger charge is -2.38. The van der Waals surface area contributed by atoms with Gasteiger partial charge in [-0.15, -0.1) is 0 Å². The standard InChI is InChI=1S/C18H23NO2/c1-18(12-16(19-2)8-9-21-18)15-6-4-14-11-17(20-3)7-5-13(14)10-15/h4-7,10-11,16,19H,8-9,12H2,1-3H3. The molecule has 0 bridgehead atoms. The third-order valence-electron chi connectivity index (χ3n) is 4.59. The number of nitrogens with one attached hydrogen (secondary N) is 1. The highest BCUT2D eigenvalue weighted by molar-refractivity contribution is 5.84. The van der Waals surface area contributed by atoms with Crippen LogP contribution in [0.1, 0.15) is 25.3 Å². The maximum Gasteiger partial charge on any atom is 0.119 e. The van der Waals surface area contributed by atoms with Crippen LogP contribution in [-0.2, 0) is 10.3 Å². The first kappa shape index (κ1) is 14.4. The van der Waals surface area contributed by atoms with Crippen LogP contribution in [0.5, 0.6) is 5.75 Å². The van der Waals surface area contributed by atoms with Gasteiger partial charge in [-0.2, -0.15) is 0 Å². The Bertz CT molecular complexity index is 640. The largest absolute Gasteiger partial charge is 0.497 e. The van der Waals surface area contributed by atoms with E-state index in [4.69, 9.17) is 9.47 Å². The van der Waals surface area contributed by atoms with E-state index in [-0.39, 0.29) is 5.60 Å². The molecule has 1 heterocycles. The Morgan fingerprint density at radius 1 is 1.19 bits per heavy atom. The van der Waals surface area contributed by atoms with Gasteiger partial charge in [-0.1, -0.05) is 18.2 Å². The minimum Gasteiger partial charge on any atom is -0.497 e.